The van der Waals surface area contributed by atoms with Gasteiger partial charge in [0.1, 0.15) is 5.69 Å². The normalized spacial score (nSPS) is 11.2. The first-order valence-electron chi connectivity index (χ1n) is 6.26. The van der Waals surface area contributed by atoms with E-state index in [-0.39, 0.29) is 5.91 Å². The summed E-state index contributed by atoms with van der Waals surface area (Å²) in [6, 6.07) is 1.66. The molecule has 0 fully saturated rings. The van der Waals surface area contributed by atoms with Crippen molar-refractivity contribution in [2.45, 2.75) is 26.8 Å². The van der Waals surface area contributed by atoms with E-state index in [0.29, 0.717) is 11.6 Å². The van der Waals surface area contributed by atoms with E-state index >= 15 is 0 Å². The Morgan fingerprint density at radius 3 is 2.95 bits per heavy atom. The van der Waals surface area contributed by atoms with Gasteiger partial charge in [0.15, 0.2) is 0 Å². The molecule has 0 aliphatic carbocycles. The molecule has 0 unspecified atom stereocenters. The number of rotatable bonds is 5. The minimum atomic E-state index is -0.374. The summed E-state index contributed by atoms with van der Waals surface area (Å²) in [6.45, 7) is 5.27. The summed E-state index contributed by atoms with van der Waals surface area (Å²) < 4.78 is 2.06. The lowest BCUT2D eigenvalue weighted by Crippen LogP contribution is -2.22. The number of aromatic nitrogens is 3. The summed E-state index contributed by atoms with van der Waals surface area (Å²) in [6.07, 6.45) is 4.54. The minimum Gasteiger partial charge on any atom is -0.329 e. The third-order valence-corrected chi connectivity index (χ3v) is 2.88. The van der Waals surface area contributed by atoms with Gasteiger partial charge in [-0.05, 0) is 18.4 Å². The van der Waals surface area contributed by atoms with Crippen LogP contribution in [0.3, 0.4) is 0 Å². The van der Waals surface area contributed by atoms with Gasteiger partial charge in [0.25, 0.3) is 5.91 Å². The van der Waals surface area contributed by atoms with Crippen LogP contribution < -0.4 is 5.48 Å². The van der Waals surface area contributed by atoms with Crippen molar-refractivity contribution in [1.82, 2.24) is 20.0 Å². The van der Waals surface area contributed by atoms with Crippen LogP contribution in [-0.2, 0) is 11.4 Å². The van der Waals surface area contributed by atoms with Crippen molar-refractivity contribution in [3.05, 3.63) is 24.3 Å². The number of nitrogens with one attached hydrogen (secondary N) is 1. The molecule has 0 bridgehead atoms. The van der Waals surface area contributed by atoms with Gasteiger partial charge < -0.3 is 4.57 Å². The topological polar surface area (TPSA) is 69.0 Å². The van der Waals surface area contributed by atoms with Gasteiger partial charge in [-0.15, -0.1) is 0 Å². The number of aryl methyl sites for hydroxylation is 1. The van der Waals surface area contributed by atoms with Crippen LogP contribution in [0, 0.1) is 5.92 Å². The molecule has 1 N–H and O–H groups in total. The molecule has 0 aromatic carbocycles. The molecule has 2 aromatic heterocycles. The number of hydrogen-bond acceptors (Lipinski definition) is 4. The Balaban J connectivity index is 2.23. The van der Waals surface area contributed by atoms with E-state index in [2.05, 4.69) is 38.7 Å². The van der Waals surface area contributed by atoms with Crippen molar-refractivity contribution in [3.63, 3.8) is 0 Å². The number of hydroxylamine groups is 1. The van der Waals surface area contributed by atoms with Crippen LogP contribution in [0.5, 0.6) is 0 Å². The Hall–Kier alpha value is -1.95. The predicted molar refractivity (Wildman–Crippen MR) is 71.5 cm³/mol. The molecule has 0 aliphatic rings. The molecule has 102 valence electrons. The van der Waals surface area contributed by atoms with Crippen molar-refractivity contribution in [1.29, 1.82) is 0 Å². The minimum absolute atomic E-state index is 0.295. The average Bonchev–Trinajstić information content (AvgIpc) is 2.78. The van der Waals surface area contributed by atoms with Crippen molar-refractivity contribution in [3.8, 4) is 0 Å². The molecule has 6 nitrogen and oxygen atoms in total. The third kappa shape index (κ3) is 3.08. The van der Waals surface area contributed by atoms with Crippen LogP contribution in [0.15, 0.2) is 18.6 Å². The van der Waals surface area contributed by atoms with Crippen molar-refractivity contribution in [2.75, 3.05) is 7.11 Å². The fourth-order valence-corrected chi connectivity index (χ4v) is 1.80. The molecular formula is C13H18N4O2. The van der Waals surface area contributed by atoms with Gasteiger partial charge in [-0.2, -0.15) is 0 Å². The van der Waals surface area contributed by atoms with Gasteiger partial charge >= 0.3 is 0 Å². The molecule has 19 heavy (non-hydrogen) atoms. The van der Waals surface area contributed by atoms with Gasteiger partial charge in [-0.1, -0.05) is 13.8 Å². The van der Waals surface area contributed by atoms with Crippen LogP contribution in [-0.4, -0.2) is 27.6 Å². The molecular weight excluding hydrogens is 244 g/mol. The maximum atomic E-state index is 11.6. The molecule has 0 radical (unpaired) electrons. The Labute approximate surface area is 111 Å². The number of carbonyl (C=O) groups is 1. The van der Waals surface area contributed by atoms with E-state index in [9.17, 15) is 4.79 Å². The maximum Gasteiger partial charge on any atom is 0.293 e. The highest BCUT2D eigenvalue weighted by Gasteiger charge is 2.10. The first-order chi connectivity index (χ1) is 9.11. The summed E-state index contributed by atoms with van der Waals surface area (Å²) in [5.41, 5.74) is 4.24. The van der Waals surface area contributed by atoms with Gasteiger partial charge in [-0.3, -0.25) is 9.63 Å². The number of pyridine rings is 1. The van der Waals surface area contributed by atoms with Gasteiger partial charge in [0.2, 0.25) is 0 Å². The average molecular weight is 262 g/mol. The fraction of sp³-hybridized carbons (Fsp3) is 0.462. The number of fused-ring (bicyclic) bond motifs is 1. The van der Waals surface area contributed by atoms with E-state index in [1.807, 2.05) is 0 Å². The number of imidazole rings is 1. The Bertz CT molecular complexity index is 577. The smallest absolute Gasteiger partial charge is 0.293 e. The number of hydrogen-bond donors (Lipinski definition) is 1. The summed E-state index contributed by atoms with van der Waals surface area (Å²) in [5, 5.41) is 0. The standard InChI is InChI=1S/C13H18N4O2/c1-9(2)4-5-17-8-15-10-6-11(13(18)16-19-3)14-7-12(10)17/h6-9H,4-5H2,1-3H3,(H,16,18). The van der Waals surface area contributed by atoms with Crippen LogP contribution in [0.1, 0.15) is 30.8 Å². The van der Waals surface area contributed by atoms with E-state index in [1.165, 1.54) is 7.11 Å². The zero-order chi connectivity index (χ0) is 13.8. The van der Waals surface area contributed by atoms with Crippen LogP contribution in [0.25, 0.3) is 11.0 Å². The quantitative estimate of drug-likeness (QED) is 0.834. The largest absolute Gasteiger partial charge is 0.329 e. The zero-order valence-corrected chi connectivity index (χ0v) is 11.4. The van der Waals surface area contributed by atoms with Crippen molar-refractivity contribution in [2.24, 2.45) is 5.92 Å². The Kier molecular flexibility index (Phi) is 4.11. The zero-order valence-electron chi connectivity index (χ0n) is 11.4. The maximum absolute atomic E-state index is 11.6. The van der Waals surface area contributed by atoms with Crippen molar-refractivity contribution >= 4 is 16.9 Å². The lowest BCUT2D eigenvalue weighted by Gasteiger charge is -2.06. The fourth-order valence-electron chi connectivity index (χ4n) is 1.80. The lowest BCUT2D eigenvalue weighted by atomic mass is 10.1. The van der Waals surface area contributed by atoms with Crippen molar-refractivity contribution < 1.29 is 9.63 Å². The summed E-state index contributed by atoms with van der Waals surface area (Å²) in [4.78, 5) is 24.6. The highest BCUT2D eigenvalue weighted by atomic mass is 16.6. The molecule has 0 spiro atoms. The lowest BCUT2D eigenvalue weighted by molar-refractivity contribution is 0.0532. The van der Waals surface area contributed by atoms with Crippen LogP contribution >= 0.6 is 0 Å². The van der Waals surface area contributed by atoms with Crippen LogP contribution in [0.2, 0.25) is 0 Å². The predicted octanol–water partition coefficient (Wildman–Crippen LogP) is 1.77. The molecule has 2 heterocycles. The molecule has 1 amide bonds. The third-order valence-electron chi connectivity index (χ3n) is 2.88. The highest BCUT2D eigenvalue weighted by molar-refractivity contribution is 5.94. The highest BCUT2D eigenvalue weighted by Crippen LogP contribution is 2.14. The van der Waals surface area contributed by atoms with Gasteiger partial charge in [-0.25, -0.2) is 15.4 Å². The molecule has 6 heteroatoms. The van der Waals surface area contributed by atoms with E-state index in [0.717, 1.165) is 24.0 Å². The summed E-state index contributed by atoms with van der Waals surface area (Å²) >= 11 is 0. The Morgan fingerprint density at radius 2 is 2.26 bits per heavy atom. The SMILES string of the molecule is CONC(=O)c1cc2ncn(CCC(C)C)c2cn1. The van der Waals surface area contributed by atoms with Gasteiger partial charge in [0, 0.05) is 6.54 Å². The number of amides is 1. The van der Waals surface area contributed by atoms with E-state index in [4.69, 9.17) is 0 Å². The second kappa shape index (κ2) is 5.79. The molecule has 0 aliphatic heterocycles. The summed E-state index contributed by atoms with van der Waals surface area (Å²) in [7, 11) is 1.39. The second-order valence-electron chi connectivity index (χ2n) is 4.81. The molecule has 2 aromatic rings. The monoisotopic (exact) mass is 262 g/mol. The first kappa shape index (κ1) is 13.5. The first-order valence-corrected chi connectivity index (χ1v) is 6.26. The van der Waals surface area contributed by atoms with Crippen LogP contribution in [0.4, 0.5) is 0 Å². The second-order valence-corrected chi connectivity index (χ2v) is 4.81. The van der Waals surface area contributed by atoms with Gasteiger partial charge in [0.05, 0.1) is 30.7 Å². The molecule has 0 saturated carbocycles. The molecule has 0 saturated heterocycles. The number of carbonyl (C=O) groups excluding carboxylic acids is 1. The Morgan fingerprint density at radius 1 is 1.47 bits per heavy atom. The molecule has 0 atom stereocenters. The summed E-state index contributed by atoms with van der Waals surface area (Å²) in [5.74, 6) is 0.262. The molecule has 2 rings (SSSR count). The number of nitrogens with zero attached hydrogens (tertiary/aromatic N) is 3. The van der Waals surface area contributed by atoms with E-state index in [1.54, 1.807) is 18.6 Å². The van der Waals surface area contributed by atoms with E-state index < -0.39 is 0 Å².